The lowest BCUT2D eigenvalue weighted by atomic mass is 9.86. The van der Waals surface area contributed by atoms with Gasteiger partial charge in [0.15, 0.2) is 0 Å². The highest BCUT2D eigenvalue weighted by Gasteiger charge is 2.33. The highest BCUT2D eigenvalue weighted by Crippen LogP contribution is 2.35. The van der Waals surface area contributed by atoms with Gasteiger partial charge in [0.25, 0.3) is 5.91 Å². The number of carbonyl (C=O) groups excluding carboxylic acids is 1. The first-order chi connectivity index (χ1) is 12.6. The smallest absolute Gasteiger partial charge is 0.323 e. The van der Waals surface area contributed by atoms with Gasteiger partial charge in [0.05, 0.1) is 4.91 Å². The molecule has 0 bridgehead atoms. The van der Waals surface area contributed by atoms with E-state index in [-0.39, 0.29) is 5.91 Å². The van der Waals surface area contributed by atoms with Crippen LogP contribution < -0.4 is 5.32 Å². The van der Waals surface area contributed by atoms with Crippen molar-refractivity contribution in [2.24, 2.45) is 0 Å². The zero-order valence-electron chi connectivity index (χ0n) is 14.4. The lowest BCUT2D eigenvalue weighted by Crippen LogP contribution is -2.33. The number of benzene rings is 1. The molecule has 0 saturated carbocycles. The summed E-state index contributed by atoms with van der Waals surface area (Å²) in [5.41, 5.74) is 2.27. The van der Waals surface area contributed by atoms with Crippen LogP contribution >= 0.6 is 24.0 Å². The maximum absolute atomic E-state index is 12.5. The van der Waals surface area contributed by atoms with Crippen molar-refractivity contribution in [1.82, 2.24) is 10.2 Å². The van der Waals surface area contributed by atoms with Gasteiger partial charge in [-0.15, -0.1) is 0 Å². The Kier molecular flexibility index (Phi) is 6.45. The van der Waals surface area contributed by atoms with Crippen molar-refractivity contribution in [2.75, 3.05) is 19.6 Å². The van der Waals surface area contributed by atoms with Crippen molar-refractivity contribution in [3.63, 3.8) is 0 Å². The van der Waals surface area contributed by atoms with Gasteiger partial charge in [-0.2, -0.15) is 0 Å². The Morgan fingerprint density at radius 1 is 1.31 bits per heavy atom. The van der Waals surface area contributed by atoms with E-state index in [0.717, 1.165) is 36.4 Å². The van der Waals surface area contributed by atoms with Crippen LogP contribution in [0.15, 0.2) is 29.2 Å². The fraction of sp³-hybridized carbons (Fsp3) is 0.421. The highest BCUT2D eigenvalue weighted by molar-refractivity contribution is 8.26. The number of hydrogen-bond acceptors (Lipinski definition) is 5. The second-order valence-electron chi connectivity index (χ2n) is 6.52. The molecule has 2 N–H and O–H groups in total. The molecule has 2 fully saturated rings. The van der Waals surface area contributed by atoms with Gasteiger partial charge in [-0.1, -0.05) is 54.7 Å². The van der Waals surface area contributed by atoms with E-state index >= 15 is 0 Å². The van der Waals surface area contributed by atoms with E-state index in [2.05, 4.69) is 11.4 Å². The molecule has 1 aromatic rings. The molecule has 1 amide bonds. The van der Waals surface area contributed by atoms with Crippen LogP contribution in [-0.2, 0) is 9.59 Å². The van der Waals surface area contributed by atoms with E-state index in [1.807, 2.05) is 24.3 Å². The second-order valence-corrected chi connectivity index (χ2v) is 8.20. The molecule has 5 nitrogen and oxygen atoms in total. The summed E-state index contributed by atoms with van der Waals surface area (Å²) in [5, 5.41) is 12.4. The van der Waals surface area contributed by atoms with Crippen LogP contribution in [0, 0.1) is 0 Å². The Morgan fingerprint density at radius 2 is 2.12 bits per heavy atom. The normalized spacial score (nSPS) is 23.2. The zero-order valence-corrected chi connectivity index (χ0v) is 16.1. The first-order valence-electron chi connectivity index (χ1n) is 8.83. The van der Waals surface area contributed by atoms with Gasteiger partial charge in [-0.25, -0.2) is 0 Å². The molecular weight excluding hydrogens is 368 g/mol. The standard InChI is InChI=1S/C19H22N2O3S2/c22-17(23)12-21-18(24)16(26-19(21)25)11-14-6-1-2-7-15(14)13-5-3-4-9-20-10-8-13/h1-2,6-7,11,13,20H,3-5,8-10,12H2,(H,22,23)/b16-11+. The van der Waals surface area contributed by atoms with Crippen molar-refractivity contribution in [3.8, 4) is 0 Å². The van der Waals surface area contributed by atoms with Crippen LogP contribution in [0.5, 0.6) is 0 Å². The highest BCUT2D eigenvalue weighted by atomic mass is 32.2. The van der Waals surface area contributed by atoms with Gasteiger partial charge < -0.3 is 10.4 Å². The van der Waals surface area contributed by atoms with Gasteiger partial charge in [-0.05, 0) is 55.5 Å². The molecule has 138 valence electrons. The minimum Gasteiger partial charge on any atom is -0.480 e. The SMILES string of the molecule is O=C(O)CN1C(=O)/C(=C\c2ccccc2C2CCCCNCC2)SC1=S. The van der Waals surface area contributed by atoms with E-state index in [0.29, 0.717) is 15.1 Å². The summed E-state index contributed by atoms with van der Waals surface area (Å²) >= 11 is 6.35. The van der Waals surface area contributed by atoms with E-state index < -0.39 is 12.5 Å². The molecule has 0 radical (unpaired) electrons. The van der Waals surface area contributed by atoms with Crippen LogP contribution in [0.3, 0.4) is 0 Å². The first-order valence-corrected chi connectivity index (χ1v) is 10.1. The van der Waals surface area contributed by atoms with Gasteiger partial charge in [0, 0.05) is 0 Å². The van der Waals surface area contributed by atoms with Crippen molar-refractivity contribution < 1.29 is 14.7 Å². The zero-order chi connectivity index (χ0) is 18.5. The van der Waals surface area contributed by atoms with Crippen molar-refractivity contribution in [3.05, 3.63) is 40.3 Å². The average Bonchev–Trinajstić information content (AvgIpc) is 2.83. The first kappa shape index (κ1) is 19.1. The number of aliphatic carboxylic acids is 1. The molecule has 7 heteroatoms. The number of thiocarbonyl (C=S) groups is 1. The topological polar surface area (TPSA) is 69.6 Å². The van der Waals surface area contributed by atoms with Gasteiger partial charge in [0.1, 0.15) is 10.9 Å². The molecule has 0 spiro atoms. The fourth-order valence-corrected chi connectivity index (χ4v) is 4.67. The lowest BCUT2D eigenvalue weighted by Gasteiger charge is -2.22. The largest absolute Gasteiger partial charge is 0.480 e. The van der Waals surface area contributed by atoms with Gasteiger partial charge in [-0.3, -0.25) is 14.5 Å². The monoisotopic (exact) mass is 390 g/mol. The van der Waals surface area contributed by atoms with Crippen LogP contribution in [0.2, 0.25) is 0 Å². The maximum Gasteiger partial charge on any atom is 0.323 e. The van der Waals surface area contributed by atoms with E-state index in [4.69, 9.17) is 17.3 Å². The number of nitrogens with one attached hydrogen (secondary N) is 1. The quantitative estimate of drug-likeness (QED) is 0.608. The number of thioether (sulfide) groups is 1. The summed E-state index contributed by atoms with van der Waals surface area (Å²) in [4.78, 5) is 25.1. The predicted octanol–water partition coefficient (Wildman–Crippen LogP) is 3.22. The summed E-state index contributed by atoms with van der Waals surface area (Å²) in [6, 6.07) is 8.16. The Bertz CT molecular complexity index is 740. The predicted molar refractivity (Wildman–Crippen MR) is 108 cm³/mol. The average molecular weight is 391 g/mol. The molecule has 2 aliphatic heterocycles. The van der Waals surface area contributed by atoms with Crippen molar-refractivity contribution >= 4 is 46.3 Å². The molecule has 2 saturated heterocycles. The molecule has 0 aliphatic carbocycles. The molecule has 0 aromatic heterocycles. The molecule has 2 aliphatic rings. The molecule has 3 rings (SSSR count). The molecule has 2 heterocycles. The molecular formula is C19H22N2O3S2. The fourth-order valence-electron chi connectivity index (χ4n) is 3.42. The summed E-state index contributed by atoms with van der Waals surface area (Å²) < 4.78 is 0.302. The third-order valence-corrected chi connectivity index (χ3v) is 6.09. The number of carboxylic acid groups (broad SMARTS) is 1. The number of rotatable bonds is 4. The number of amides is 1. The summed E-state index contributed by atoms with van der Waals surface area (Å²) in [5.74, 6) is -0.930. The molecule has 1 atom stereocenters. The van der Waals surface area contributed by atoms with Gasteiger partial charge in [0.2, 0.25) is 0 Å². The lowest BCUT2D eigenvalue weighted by molar-refractivity contribution is -0.140. The van der Waals surface area contributed by atoms with E-state index in [9.17, 15) is 9.59 Å². The van der Waals surface area contributed by atoms with Crippen molar-refractivity contribution in [1.29, 1.82) is 0 Å². The van der Waals surface area contributed by atoms with E-state index in [1.165, 1.54) is 30.2 Å². The Balaban J connectivity index is 1.86. The number of carbonyl (C=O) groups is 2. The van der Waals surface area contributed by atoms with E-state index in [1.54, 1.807) is 0 Å². The molecule has 1 aromatic carbocycles. The number of hydrogen-bond donors (Lipinski definition) is 2. The van der Waals surface area contributed by atoms with Gasteiger partial charge >= 0.3 is 5.97 Å². The summed E-state index contributed by atoms with van der Waals surface area (Å²) in [6.45, 7) is 1.69. The van der Waals surface area contributed by atoms with Crippen LogP contribution in [0.1, 0.15) is 42.7 Å². The Labute approximate surface area is 162 Å². The summed E-state index contributed by atoms with van der Waals surface area (Å²) in [6.07, 6.45) is 6.46. The van der Waals surface area contributed by atoms with Crippen molar-refractivity contribution in [2.45, 2.75) is 31.6 Å². The van der Waals surface area contributed by atoms with Crippen LogP contribution in [0.25, 0.3) is 6.08 Å². The minimum absolute atomic E-state index is 0.302. The Hall–Kier alpha value is -1.70. The molecule has 26 heavy (non-hydrogen) atoms. The second kappa shape index (κ2) is 8.79. The summed E-state index contributed by atoms with van der Waals surface area (Å²) in [7, 11) is 0. The molecule has 1 unspecified atom stereocenters. The van der Waals surface area contributed by atoms with Crippen LogP contribution in [-0.4, -0.2) is 45.8 Å². The number of nitrogens with zero attached hydrogens (tertiary/aromatic N) is 1. The minimum atomic E-state index is -1.06. The third-order valence-electron chi connectivity index (χ3n) is 4.72. The number of carboxylic acids is 1. The third kappa shape index (κ3) is 4.52. The maximum atomic E-state index is 12.5. The van der Waals surface area contributed by atoms with Crippen LogP contribution in [0.4, 0.5) is 0 Å². The Morgan fingerprint density at radius 3 is 2.92 bits per heavy atom.